The van der Waals surface area contributed by atoms with Gasteiger partial charge in [0.15, 0.2) is 0 Å². The molecule has 0 atom stereocenters. The first-order valence-electron chi connectivity index (χ1n) is 5.40. The molecule has 0 saturated carbocycles. The van der Waals surface area contributed by atoms with Crippen LogP contribution in [0.25, 0.3) is 10.2 Å². The van der Waals surface area contributed by atoms with Gasteiger partial charge in [-0.3, -0.25) is 0 Å². The first-order valence-corrected chi connectivity index (χ1v) is 6.75. The summed E-state index contributed by atoms with van der Waals surface area (Å²) in [6.07, 6.45) is 1.58. The molecule has 0 amide bonds. The SMILES string of the molecule is Cc1cc2c(NCCOCCCl)ncnc2s1. The van der Waals surface area contributed by atoms with Crippen molar-refractivity contribution in [1.82, 2.24) is 9.97 Å². The fourth-order valence-corrected chi connectivity index (χ4v) is 2.47. The van der Waals surface area contributed by atoms with E-state index >= 15 is 0 Å². The Labute approximate surface area is 109 Å². The molecular formula is C11H14ClN3OS. The number of rotatable bonds is 6. The van der Waals surface area contributed by atoms with Crippen LogP contribution in [-0.2, 0) is 4.74 Å². The zero-order chi connectivity index (χ0) is 12.1. The van der Waals surface area contributed by atoms with Crippen molar-refractivity contribution >= 4 is 39.0 Å². The van der Waals surface area contributed by atoms with E-state index in [4.69, 9.17) is 16.3 Å². The fraction of sp³-hybridized carbons (Fsp3) is 0.455. The summed E-state index contributed by atoms with van der Waals surface area (Å²) >= 11 is 7.19. The molecule has 0 aliphatic carbocycles. The number of thiophene rings is 1. The number of aryl methyl sites for hydroxylation is 1. The lowest BCUT2D eigenvalue weighted by molar-refractivity contribution is 0.160. The van der Waals surface area contributed by atoms with E-state index in [0.29, 0.717) is 19.1 Å². The number of anilines is 1. The zero-order valence-electron chi connectivity index (χ0n) is 9.57. The minimum Gasteiger partial charge on any atom is -0.378 e. The average molecular weight is 272 g/mol. The van der Waals surface area contributed by atoms with Crippen molar-refractivity contribution in [3.8, 4) is 0 Å². The van der Waals surface area contributed by atoms with E-state index in [1.54, 1.807) is 17.7 Å². The minimum atomic E-state index is 0.529. The summed E-state index contributed by atoms with van der Waals surface area (Å²) in [6, 6.07) is 2.10. The standard InChI is InChI=1S/C11H14ClN3OS/c1-8-6-9-10(13-3-5-16-4-2-12)14-7-15-11(9)17-8/h6-7H,2-5H2,1H3,(H,13,14,15). The number of ether oxygens (including phenoxy) is 1. The summed E-state index contributed by atoms with van der Waals surface area (Å²) in [5.41, 5.74) is 0. The first-order chi connectivity index (χ1) is 8.31. The second kappa shape index (κ2) is 6.14. The third-order valence-corrected chi connectivity index (χ3v) is 3.33. The maximum absolute atomic E-state index is 5.51. The molecule has 2 heterocycles. The fourth-order valence-electron chi connectivity index (χ4n) is 1.52. The van der Waals surface area contributed by atoms with Gasteiger partial charge < -0.3 is 10.1 Å². The van der Waals surface area contributed by atoms with Crippen LogP contribution >= 0.6 is 22.9 Å². The van der Waals surface area contributed by atoms with Crippen molar-refractivity contribution in [3.05, 3.63) is 17.3 Å². The maximum atomic E-state index is 5.51. The molecule has 0 saturated heterocycles. The number of hydrogen-bond acceptors (Lipinski definition) is 5. The van der Waals surface area contributed by atoms with Crippen molar-refractivity contribution in [2.45, 2.75) is 6.92 Å². The molecule has 4 nitrogen and oxygen atoms in total. The molecule has 17 heavy (non-hydrogen) atoms. The summed E-state index contributed by atoms with van der Waals surface area (Å²) < 4.78 is 5.29. The Hall–Kier alpha value is -0.910. The number of hydrogen-bond donors (Lipinski definition) is 1. The molecule has 0 unspecified atom stereocenters. The third kappa shape index (κ3) is 3.28. The summed E-state index contributed by atoms with van der Waals surface area (Å²) in [5, 5.41) is 4.32. The predicted molar refractivity (Wildman–Crippen MR) is 72.2 cm³/mol. The predicted octanol–water partition coefficient (Wildman–Crippen LogP) is 2.67. The van der Waals surface area contributed by atoms with Crippen LogP contribution in [0, 0.1) is 6.92 Å². The number of aromatic nitrogens is 2. The molecule has 0 aliphatic rings. The van der Waals surface area contributed by atoms with Gasteiger partial charge in [-0.25, -0.2) is 9.97 Å². The van der Waals surface area contributed by atoms with Crippen LogP contribution < -0.4 is 5.32 Å². The lowest BCUT2D eigenvalue weighted by atomic mass is 10.3. The molecule has 0 aliphatic heterocycles. The number of fused-ring (bicyclic) bond motifs is 1. The van der Waals surface area contributed by atoms with Crippen molar-refractivity contribution < 1.29 is 4.74 Å². The van der Waals surface area contributed by atoms with Crippen LogP contribution in [-0.4, -0.2) is 35.6 Å². The third-order valence-electron chi connectivity index (χ3n) is 2.21. The Morgan fingerprint density at radius 2 is 2.29 bits per heavy atom. The molecule has 2 aromatic rings. The highest BCUT2D eigenvalue weighted by molar-refractivity contribution is 7.18. The molecule has 2 aromatic heterocycles. The van der Waals surface area contributed by atoms with Gasteiger partial charge in [-0.05, 0) is 13.0 Å². The van der Waals surface area contributed by atoms with E-state index < -0.39 is 0 Å². The van der Waals surface area contributed by atoms with Gasteiger partial charge in [0.1, 0.15) is 17.0 Å². The number of halogens is 1. The Balaban J connectivity index is 1.98. The van der Waals surface area contributed by atoms with Gasteiger partial charge in [0.25, 0.3) is 0 Å². The largest absolute Gasteiger partial charge is 0.378 e. The highest BCUT2D eigenvalue weighted by Gasteiger charge is 2.05. The maximum Gasteiger partial charge on any atom is 0.138 e. The Kier molecular flexibility index (Phi) is 4.53. The Morgan fingerprint density at radius 1 is 1.41 bits per heavy atom. The molecule has 92 valence electrons. The Bertz CT molecular complexity index is 489. The smallest absolute Gasteiger partial charge is 0.138 e. The molecule has 6 heteroatoms. The lowest BCUT2D eigenvalue weighted by Gasteiger charge is -2.06. The average Bonchev–Trinajstić information content (AvgIpc) is 2.70. The zero-order valence-corrected chi connectivity index (χ0v) is 11.1. The molecule has 0 aromatic carbocycles. The van der Waals surface area contributed by atoms with Gasteiger partial charge in [-0.2, -0.15) is 0 Å². The minimum absolute atomic E-state index is 0.529. The van der Waals surface area contributed by atoms with Crippen LogP contribution in [0.1, 0.15) is 4.88 Å². The van der Waals surface area contributed by atoms with Crippen LogP contribution in [0.3, 0.4) is 0 Å². The molecule has 0 radical (unpaired) electrons. The van der Waals surface area contributed by atoms with Crippen LogP contribution in [0.15, 0.2) is 12.4 Å². The second-order valence-electron chi connectivity index (χ2n) is 3.53. The Morgan fingerprint density at radius 3 is 3.12 bits per heavy atom. The van der Waals surface area contributed by atoms with Gasteiger partial charge in [0, 0.05) is 17.3 Å². The highest BCUT2D eigenvalue weighted by atomic mass is 35.5. The summed E-state index contributed by atoms with van der Waals surface area (Å²) in [6.45, 7) is 4.00. The van der Waals surface area contributed by atoms with Gasteiger partial charge >= 0.3 is 0 Å². The molecule has 0 bridgehead atoms. The topological polar surface area (TPSA) is 47.0 Å². The number of nitrogens with one attached hydrogen (secondary N) is 1. The van der Waals surface area contributed by atoms with Gasteiger partial charge in [-0.15, -0.1) is 22.9 Å². The number of nitrogens with zero attached hydrogens (tertiary/aromatic N) is 2. The molecular weight excluding hydrogens is 258 g/mol. The van der Waals surface area contributed by atoms with Crippen LogP contribution in [0.4, 0.5) is 5.82 Å². The quantitative estimate of drug-likeness (QED) is 0.648. The van der Waals surface area contributed by atoms with Gasteiger partial charge in [0.2, 0.25) is 0 Å². The highest BCUT2D eigenvalue weighted by Crippen LogP contribution is 2.27. The summed E-state index contributed by atoms with van der Waals surface area (Å²) in [7, 11) is 0. The van der Waals surface area contributed by atoms with E-state index in [1.807, 2.05) is 0 Å². The lowest BCUT2D eigenvalue weighted by Crippen LogP contribution is -2.11. The molecule has 2 rings (SSSR count). The van der Waals surface area contributed by atoms with Crippen molar-refractivity contribution in [1.29, 1.82) is 0 Å². The van der Waals surface area contributed by atoms with Crippen LogP contribution in [0.2, 0.25) is 0 Å². The van der Waals surface area contributed by atoms with E-state index in [2.05, 4.69) is 28.3 Å². The van der Waals surface area contributed by atoms with E-state index in [0.717, 1.165) is 22.6 Å². The van der Waals surface area contributed by atoms with E-state index in [1.165, 1.54) is 4.88 Å². The van der Waals surface area contributed by atoms with Crippen molar-refractivity contribution in [2.24, 2.45) is 0 Å². The monoisotopic (exact) mass is 271 g/mol. The molecule has 1 N–H and O–H groups in total. The summed E-state index contributed by atoms with van der Waals surface area (Å²) in [5.74, 6) is 1.40. The number of alkyl halides is 1. The second-order valence-corrected chi connectivity index (χ2v) is 5.14. The van der Waals surface area contributed by atoms with Gasteiger partial charge in [-0.1, -0.05) is 0 Å². The first kappa shape index (κ1) is 12.5. The van der Waals surface area contributed by atoms with Crippen molar-refractivity contribution in [3.63, 3.8) is 0 Å². The summed E-state index contributed by atoms with van der Waals surface area (Å²) in [4.78, 5) is 10.7. The van der Waals surface area contributed by atoms with Crippen LogP contribution in [0.5, 0.6) is 0 Å². The molecule has 0 spiro atoms. The molecule has 0 fully saturated rings. The van der Waals surface area contributed by atoms with Crippen molar-refractivity contribution in [2.75, 3.05) is 31.0 Å². The van der Waals surface area contributed by atoms with E-state index in [-0.39, 0.29) is 0 Å². The van der Waals surface area contributed by atoms with Gasteiger partial charge in [0.05, 0.1) is 18.6 Å². The van der Waals surface area contributed by atoms with E-state index in [9.17, 15) is 0 Å². The normalized spacial score (nSPS) is 10.9.